The van der Waals surface area contributed by atoms with Crippen LogP contribution in [-0.2, 0) is 4.79 Å². The van der Waals surface area contributed by atoms with Crippen LogP contribution < -0.4 is 4.74 Å². The smallest absolute Gasteiger partial charge is 0.410 e. The molecule has 0 N–H and O–H groups in total. The molecule has 0 unspecified atom stereocenters. The largest absolute Gasteiger partial charge is 0.471 e. The van der Waals surface area contributed by atoms with E-state index in [0.717, 1.165) is 5.56 Å². The van der Waals surface area contributed by atoms with Gasteiger partial charge in [-0.1, -0.05) is 17.7 Å². The third-order valence-electron chi connectivity index (χ3n) is 3.29. The van der Waals surface area contributed by atoms with Crippen molar-refractivity contribution in [2.24, 2.45) is 0 Å². The number of hydrogen-bond donors (Lipinski definition) is 0. The van der Waals surface area contributed by atoms with Crippen LogP contribution in [0.4, 0.5) is 18.0 Å². The lowest BCUT2D eigenvalue weighted by atomic mass is 10.2. The Morgan fingerprint density at radius 2 is 1.50 bits per heavy atom. The molecule has 1 aromatic carbocycles. The number of carbonyl (C=O) groups is 2. The molecule has 2 amide bonds. The van der Waals surface area contributed by atoms with Crippen LogP contribution in [0.25, 0.3) is 0 Å². The number of aryl methyl sites for hydroxylation is 1. The zero-order valence-electron chi connectivity index (χ0n) is 11.9. The van der Waals surface area contributed by atoms with E-state index in [4.69, 9.17) is 4.74 Å². The molecule has 8 heteroatoms. The minimum Gasteiger partial charge on any atom is -0.410 e. The van der Waals surface area contributed by atoms with Crippen molar-refractivity contribution in [3.63, 3.8) is 0 Å². The second kappa shape index (κ2) is 6.25. The topological polar surface area (TPSA) is 49.9 Å². The molecule has 0 bridgehead atoms. The number of alkyl halides is 3. The number of hydrogen-bond acceptors (Lipinski definition) is 3. The molecule has 1 aliphatic heterocycles. The number of nitrogens with zero attached hydrogens (tertiary/aromatic N) is 2. The average Bonchev–Trinajstić information content (AvgIpc) is 2.48. The minimum atomic E-state index is -4.88. The van der Waals surface area contributed by atoms with E-state index in [1.807, 2.05) is 6.92 Å². The third kappa shape index (κ3) is 3.90. The molecule has 1 saturated heterocycles. The fraction of sp³-hybridized carbons (Fsp3) is 0.429. The summed E-state index contributed by atoms with van der Waals surface area (Å²) in [6, 6.07) is 6.83. The van der Waals surface area contributed by atoms with E-state index in [-0.39, 0.29) is 26.2 Å². The first-order valence-electron chi connectivity index (χ1n) is 6.67. The first-order valence-corrected chi connectivity index (χ1v) is 6.67. The molecular formula is C14H15F3N2O3. The summed E-state index contributed by atoms with van der Waals surface area (Å²) in [5.41, 5.74) is 1.01. The Morgan fingerprint density at radius 1 is 1.00 bits per heavy atom. The van der Waals surface area contributed by atoms with Crippen molar-refractivity contribution in [3.05, 3.63) is 29.8 Å². The number of benzene rings is 1. The average molecular weight is 316 g/mol. The second-order valence-electron chi connectivity index (χ2n) is 4.96. The molecule has 1 fully saturated rings. The lowest BCUT2D eigenvalue weighted by Crippen LogP contribution is -2.54. The van der Waals surface area contributed by atoms with Crippen LogP contribution in [0.1, 0.15) is 5.56 Å². The molecule has 0 aliphatic carbocycles. The maximum Gasteiger partial charge on any atom is 0.471 e. The van der Waals surface area contributed by atoms with Crippen molar-refractivity contribution < 1.29 is 27.5 Å². The summed E-state index contributed by atoms with van der Waals surface area (Å²) in [4.78, 5) is 25.0. The van der Waals surface area contributed by atoms with Crippen LogP contribution in [0.3, 0.4) is 0 Å². The maximum atomic E-state index is 12.3. The van der Waals surface area contributed by atoms with E-state index in [1.54, 1.807) is 24.3 Å². The molecule has 0 radical (unpaired) electrons. The van der Waals surface area contributed by atoms with Crippen molar-refractivity contribution in [2.75, 3.05) is 26.2 Å². The van der Waals surface area contributed by atoms with Gasteiger partial charge in [0.2, 0.25) is 0 Å². The Bertz CT molecular complexity index is 549. The van der Waals surface area contributed by atoms with Gasteiger partial charge in [0.15, 0.2) is 0 Å². The molecule has 0 spiro atoms. The van der Waals surface area contributed by atoms with E-state index in [0.29, 0.717) is 10.6 Å². The van der Waals surface area contributed by atoms with Gasteiger partial charge in [0.25, 0.3) is 0 Å². The van der Waals surface area contributed by atoms with Crippen LogP contribution in [-0.4, -0.2) is 54.2 Å². The van der Waals surface area contributed by atoms with Crippen LogP contribution in [0.15, 0.2) is 24.3 Å². The van der Waals surface area contributed by atoms with Gasteiger partial charge in [-0.3, -0.25) is 4.79 Å². The molecule has 1 aromatic rings. The summed E-state index contributed by atoms with van der Waals surface area (Å²) >= 11 is 0. The van der Waals surface area contributed by atoms with Crippen LogP contribution in [0.2, 0.25) is 0 Å². The highest BCUT2D eigenvalue weighted by Gasteiger charge is 2.43. The zero-order valence-corrected chi connectivity index (χ0v) is 11.9. The summed E-state index contributed by atoms with van der Waals surface area (Å²) in [6.45, 7) is 1.57. The first-order chi connectivity index (χ1) is 10.3. The fourth-order valence-electron chi connectivity index (χ4n) is 2.04. The Labute approximate surface area is 125 Å². The van der Waals surface area contributed by atoms with E-state index >= 15 is 0 Å². The molecule has 0 saturated carbocycles. The molecule has 120 valence electrons. The van der Waals surface area contributed by atoms with Crippen molar-refractivity contribution >= 4 is 12.0 Å². The Balaban J connectivity index is 1.87. The highest BCUT2D eigenvalue weighted by atomic mass is 19.4. The van der Waals surface area contributed by atoms with Gasteiger partial charge < -0.3 is 14.5 Å². The highest BCUT2D eigenvalue weighted by molar-refractivity contribution is 5.82. The molecule has 0 aromatic heterocycles. The molecule has 1 heterocycles. The van der Waals surface area contributed by atoms with Gasteiger partial charge >= 0.3 is 18.2 Å². The monoisotopic (exact) mass is 316 g/mol. The number of ether oxygens (including phenoxy) is 1. The molecular weight excluding hydrogens is 301 g/mol. The van der Waals surface area contributed by atoms with Crippen molar-refractivity contribution in [1.29, 1.82) is 0 Å². The fourth-order valence-corrected chi connectivity index (χ4v) is 2.04. The van der Waals surface area contributed by atoms with Gasteiger partial charge in [-0.05, 0) is 19.1 Å². The van der Waals surface area contributed by atoms with Crippen LogP contribution >= 0.6 is 0 Å². The number of halogens is 3. The number of amides is 2. The third-order valence-corrected chi connectivity index (χ3v) is 3.29. The van der Waals surface area contributed by atoms with Gasteiger partial charge in [-0.15, -0.1) is 0 Å². The molecule has 2 rings (SSSR count). The minimum absolute atomic E-state index is 0.00646. The predicted octanol–water partition coefficient (Wildman–Crippen LogP) is 2.20. The lowest BCUT2D eigenvalue weighted by molar-refractivity contribution is -0.186. The summed E-state index contributed by atoms with van der Waals surface area (Å²) < 4.78 is 42.1. The second-order valence-corrected chi connectivity index (χ2v) is 4.96. The van der Waals surface area contributed by atoms with Crippen LogP contribution in [0.5, 0.6) is 5.75 Å². The van der Waals surface area contributed by atoms with Crippen molar-refractivity contribution in [3.8, 4) is 5.75 Å². The number of carbonyl (C=O) groups excluding carboxylic acids is 2. The SMILES string of the molecule is Cc1ccc(OC(=O)N2CCN(C(=O)C(F)(F)F)CC2)cc1. The number of rotatable bonds is 1. The number of piperazine rings is 1. The van der Waals surface area contributed by atoms with E-state index in [2.05, 4.69) is 0 Å². The van der Waals surface area contributed by atoms with Crippen molar-refractivity contribution in [1.82, 2.24) is 9.80 Å². The van der Waals surface area contributed by atoms with Gasteiger partial charge in [0, 0.05) is 26.2 Å². The van der Waals surface area contributed by atoms with Gasteiger partial charge in [-0.25, -0.2) is 4.79 Å². The Morgan fingerprint density at radius 3 is 2.00 bits per heavy atom. The summed E-state index contributed by atoms with van der Waals surface area (Å²) in [5.74, 6) is -1.51. The standard InChI is InChI=1S/C14H15F3N2O3/c1-10-2-4-11(5-3-10)22-13(21)19-8-6-18(7-9-19)12(20)14(15,16)17/h2-5H,6-9H2,1H3. The molecule has 22 heavy (non-hydrogen) atoms. The summed E-state index contributed by atoms with van der Waals surface area (Å²) in [7, 11) is 0. The normalized spacial score (nSPS) is 15.6. The zero-order chi connectivity index (χ0) is 16.3. The Hall–Kier alpha value is -2.25. The molecule has 1 aliphatic rings. The van der Waals surface area contributed by atoms with Crippen LogP contribution in [0, 0.1) is 6.92 Å². The van der Waals surface area contributed by atoms with E-state index in [9.17, 15) is 22.8 Å². The molecule has 5 nitrogen and oxygen atoms in total. The highest BCUT2D eigenvalue weighted by Crippen LogP contribution is 2.20. The summed E-state index contributed by atoms with van der Waals surface area (Å²) in [5, 5.41) is 0. The van der Waals surface area contributed by atoms with Gasteiger partial charge in [-0.2, -0.15) is 13.2 Å². The quantitative estimate of drug-likeness (QED) is 0.798. The van der Waals surface area contributed by atoms with Gasteiger partial charge in [0.1, 0.15) is 5.75 Å². The maximum absolute atomic E-state index is 12.3. The Kier molecular flexibility index (Phi) is 4.58. The van der Waals surface area contributed by atoms with E-state index < -0.39 is 18.2 Å². The van der Waals surface area contributed by atoms with Crippen molar-refractivity contribution in [2.45, 2.75) is 13.1 Å². The lowest BCUT2D eigenvalue weighted by Gasteiger charge is -2.34. The first kappa shape index (κ1) is 16.1. The van der Waals surface area contributed by atoms with Gasteiger partial charge in [0.05, 0.1) is 0 Å². The van der Waals surface area contributed by atoms with E-state index in [1.165, 1.54) is 4.90 Å². The predicted molar refractivity (Wildman–Crippen MR) is 71.4 cm³/mol. The molecule has 0 atom stereocenters. The summed E-state index contributed by atoms with van der Waals surface area (Å²) in [6.07, 6.45) is -5.52.